The molecule has 1 heterocycles. The molecule has 1 aliphatic carbocycles. The first kappa shape index (κ1) is 30.7. The summed E-state index contributed by atoms with van der Waals surface area (Å²) in [6.07, 6.45) is -9.14. The van der Waals surface area contributed by atoms with Gasteiger partial charge < -0.3 is 14.6 Å². The first-order chi connectivity index (χ1) is 19.0. The van der Waals surface area contributed by atoms with Gasteiger partial charge in [0.05, 0.1) is 29.4 Å². The van der Waals surface area contributed by atoms with Crippen LogP contribution in [0.4, 0.5) is 31.1 Å². The molecule has 2 atom stereocenters. The van der Waals surface area contributed by atoms with Crippen LogP contribution in [-0.2, 0) is 22.7 Å². The zero-order valence-electron chi connectivity index (χ0n) is 23.2. The molecule has 41 heavy (non-hydrogen) atoms. The number of amides is 1. The molecular formula is C30H33F6NO4. The largest absolute Gasteiger partial charge is 0.493 e. The smallest absolute Gasteiger partial charge is 0.416 e. The second kappa shape index (κ2) is 11.2. The van der Waals surface area contributed by atoms with E-state index in [0.717, 1.165) is 29.6 Å². The average molecular weight is 586 g/mol. The summed E-state index contributed by atoms with van der Waals surface area (Å²) in [5.41, 5.74) is -1.12. The third-order valence-corrected chi connectivity index (χ3v) is 7.58. The average Bonchev–Trinajstić information content (AvgIpc) is 3.16. The molecule has 2 aromatic rings. The molecule has 1 aliphatic heterocycles. The SMILES string of the molecule is CCOc1ccc(C(C)(C)O)cc1C1=C(CN2C(=O)O[C@H](c3cc(C(F)(F)F)cc(C(F)(F)F)c3)[C@@H]2C)CCCC1. The van der Waals surface area contributed by atoms with E-state index in [9.17, 15) is 36.2 Å². The Kier molecular flexibility index (Phi) is 8.42. The van der Waals surface area contributed by atoms with Gasteiger partial charge in [0, 0.05) is 12.1 Å². The standard InChI is InChI=1S/C30H33F6NO4/c1-5-40-25-11-10-20(28(3,4)39)15-24(25)23-9-7-6-8-18(23)16-37-17(2)26(41-27(37)38)19-12-21(29(31,32)33)14-22(13-19)30(34,35)36/h10-15,17,26,39H,5-9,16H2,1-4H3/t17-,26-/m0/s1. The van der Waals surface area contributed by atoms with Gasteiger partial charge >= 0.3 is 18.4 Å². The summed E-state index contributed by atoms with van der Waals surface area (Å²) in [4.78, 5) is 14.3. The van der Waals surface area contributed by atoms with Crippen LogP contribution in [0.5, 0.6) is 5.75 Å². The van der Waals surface area contributed by atoms with Crippen LogP contribution in [0.1, 0.15) is 87.3 Å². The predicted octanol–water partition coefficient (Wildman–Crippen LogP) is 8.26. The number of ether oxygens (including phenoxy) is 2. The summed E-state index contributed by atoms with van der Waals surface area (Å²) in [5.74, 6) is 0.619. The molecule has 0 saturated carbocycles. The van der Waals surface area contributed by atoms with Gasteiger partial charge in [0.15, 0.2) is 0 Å². The van der Waals surface area contributed by atoms with Crippen molar-refractivity contribution in [2.45, 2.75) is 83.5 Å². The number of cyclic esters (lactones) is 1. The highest BCUT2D eigenvalue weighted by Gasteiger charge is 2.43. The lowest BCUT2D eigenvalue weighted by Crippen LogP contribution is -2.34. The summed E-state index contributed by atoms with van der Waals surface area (Å²) in [7, 11) is 0. The lowest BCUT2D eigenvalue weighted by Gasteiger charge is -2.28. The maximum absolute atomic E-state index is 13.5. The van der Waals surface area contributed by atoms with Crippen molar-refractivity contribution in [3.8, 4) is 5.75 Å². The number of carbonyl (C=O) groups is 1. The van der Waals surface area contributed by atoms with E-state index in [4.69, 9.17) is 9.47 Å². The number of rotatable bonds is 7. The van der Waals surface area contributed by atoms with Crippen molar-refractivity contribution in [2.75, 3.05) is 13.2 Å². The van der Waals surface area contributed by atoms with Crippen molar-refractivity contribution in [2.24, 2.45) is 0 Å². The number of carbonyl (C=O) groups excluding carboxylic acids is 1. The fourth-order valence-corrected chi connectivity index (χ4v) is 5.40. The molecule has 1 saturated heterocycles. The number of alkyl halides is 6. The van der Waals surface area contributed by atoms with Gasteiger partial charge in [-0.3, -0.25) is 4.90 Å². The first-order valence-corrected chi connectivity index (χ1v) is 13.5. The van der Waals surface area contributed by atoms with Crippen LogP contribution in [0, 0.1) is 0 Å². The topological polar surface area (TPSA) is 59.0 Å². The molecule has 0 bridgehead atoms. The van der Waals surface area contributed by atoms with Crippen LogP contribution >= 0.6 is 0 Å². The van der Waals surface area contributed by atoms with Crippen LogP contribution in [-0.4, -0.2) is 35.3 Å². The highest BCUT2D eigenvalue weighted by Crippen LogP contribution is 2.43. The number of halogens is 6. The Morgan fingerprint density at radius 1 is 0.951 bits per heavy atom. The maximum Gasteiger partial charge on any atom is 0.416 e. The number of hydrogen-bond acceptors (Lipinski definition) is 4. The molecule has 0 aromatic heterocycles. The molecule has 0 spiro atoms. The minimum Gasteiger partial charge on any atom is -0.493 e. The van der Waals surface area contributed by atoms with Gasteiger partial charge in [0.2, 0.25) is 0 Å². The van der Waals surface area contributed by atoms with Crippen molar-refractivity contribution >= 4 is 11.7 Å². The van der Waals surface area contributed by atoms with E-state index in [2.05, 4.69) is 0 Å². The second-order valence-corrected chi connectivity index (χ2v) is 11.0. The zero-order valence-corrected chi connectivity index (χ0v) is 23.2. The van der Waals surface area contributed by atoms with Gasteiger partial charge in [-0.25, -0.2) is 4.79 Å². The molecule has 11 heteroatoms. The van der Waals surface area contributed by atoms with Crippen LogP contribution in [0.2, 0.25) is 0 Å². The minimum atomic E-state index is -5.01. The van der Waals surface area contributed by atoms with Crippen molar-refractivity contribution in [1.29, 1.82) is 0 Å². The summed E-state index contributed by atoms with van der Waals surface area (Å²) >= 11 is 0. The molecule has 0 radical (unpaired) electrons. The van der Waals surface area contributed by atoms with Gasteiger partial charge in [-0.05, 0) is 106 Å². The van der Waals surface area contributed by atoms with E-state index in [1.165, 1.54) is 4.90 Å². The zero-order chi connectivity index (χ0) is 30.3. The monoisotopic (exact) mass is 585 g/mol. The van der Waals surface area contributed by atoms with Crippen molar-refractivity contribution < 1.29 is 45.7 Å². The quantitative estimate of drug-likeness (QED) is 0.333. The summed E-state index contributed by atoms with van der Waals surface area (Å²) in [5, 5.41) is 10.6. The van der Waals surface area contributed by atoms with Crippen LogP contribution < -0.4 is 4.74 Å². The molecule has 2 aliphatic rings. The molecule has 1 fully saturated rings. The third-order valence-electron chi connectivity index (χ3n) is 7.58. The van der Waals surface area contributed by atoms with Crippen molar-refractivity contribution in [1.82, 2.24) is 4.90 Å². The Bertz CT molecular complexity index is 1290. The van der Waals surface area contributed by atoms with Crippen molar-refractivity contribution in [3.05, 3.63) is 69.8 Å². The molecule has 5 nitrogen and oxygen atoms in total. The Hall–Kier alpha value is -3.21. The normalized spacial score (nSPS) is 20.5. The van der Waals surface area contributed by atoms with E-state index >= 15 is 0 Å². The van der Waals surface area contributed by atoms with Crippen LogP contribution in [0.15, 0.2) is 42.0 Å². The van der Waals surface area contributed by atoms with E-state index in [1.54, 1.807) is 32.9 Å². The molecule has 1 amide bonds. The number of allylic oxidation sites excluding steroid dienone is 1. The fraction of sp³-hybridized carbons (Fsp3) is 0.500. The lowest BCUT2D eigenvalue weighted by atomic mass is 9.84. The molecule has 1 N–H and O–H groups in total. The summed E-state index contributed by atoms with van der Waals surface area (Å²) < 4.78 is 92.0. The maximum atomic E-state index is 13.5. The number of hydrogen-bond donors (Lipinski definition) is 1. The van der Waals surface area contributed by atoms with E-state index in [-0.39, 0.29) is 18.2 Å². The highest BCUT2D eigenvalue weighted by molar-refractivity contribution is 5.77. The van der Waals surface area contributed by atoms with Gasteiger partial charge in [0.25, 0.3) is 0 Å². The Balaban J connectivity index is 1.72. The highest BCUT2D eigenvalue weighted by atomic mass is 19.4. The first-order valence-electron chi connectivity index (χ1n) is 13.5. The fourth-order valence-electron chi connectivity index (χ4n) is 5.40. The Morgan fingerprint density at radius 3 is 2.12 bits per heavy atom. The van der Waals surface area contributed by atoms with Crippen LogP contribution in [0.25, 0.3) is 5.57 Å². The summed E-state index contributed by atoms with van der Waals surface area (Å²) in [6, 6.07) is 5.87. The van der Waals surface area contributed by atoms with Gasteiger partial charge in [-0.1, -0.05) is 6.07 Å². The molecular weight excluding hydrogens is 552 g/mol. The van der Waals surface area contributed by atoms with Gasteiger partial charge in [-0.2, -0.15) is 26.3 Å². The summed E-state index contributed by atoms with van der Waals surface area (Å²) in [6.45, 7) is 7.24. The van der Waals surface area contributed by atoms with E-state index < -0.39 is 47.3 Å². The number of aliphatic hydroxyl groups is 1. The minimum absolute atomic E-state index is 0.0551. The number of benzene rings is 2. The molecule has 0 unspecified atom stereocenters. The molecule has 224 valence electrons. The predicted molar refractivity (Wildman–Crippen MR) is 140 cm³/mol. The van der Waals surface area contributed by atoms with Crippen molar-refractivity contribution in [3.63, 3.8) is 0 Å². The van der Waals surface area contributed by atoms with E-state index in [0.29, 0.717) is 42.9 Å². The van der Waals surface area contributed by atoms with Crippen LogP contribution in [0.3, 0.4) is 0 Å². The van der Waals surface area contributed by atoms with E-state index in [1.807, 2.05) is 13.0 Å². The number of nitrogens with zero attached hydrogens (tertiary/aromatic N) is 1. The van der Waals surface area contributed by atoms with Gasteiger partial charge in [0.1, 0.15) is 11.9 Å². The second-order valence-electron chi connectivity index (χ2n) is 11.0. The lowest BCUT2D eigenvalue weighted by molar-refractivity contribution is -0.143. The molecule has 4 rings (SSSR count). The molecule has 2 aromatic carbocycles. The Morgan fingerprint density at radius 2 is 1.56 bits per heavy atom. The third kappa shape index (κ3) is 6.66. The van der Waals surface area contributed by atoms with Gasteiger partial charge in [-0.15, -0.1) is 0 Å². The Labute approximate surface area is 234 Å².